The number of hydrogen-bond donors (Lipinski definition) is 0. The van der Waals surface area contributed by atoms with Gasteiger partial charge in [0.05, 0.1) is 10.8 Å². The molecule has 0 N–H and O–H groups in total. The summed E-state index contributed by atoms with van der Waals surface area (Å²) in [5.74, 6) is 1.97. The summed E-state index contributed by atoms with van der Waals surface area (Å²) in [6, 6.07) is 5.30. The molecular weight excluding hydrogens is 537 g/mol. The third kappa shape index (κ3) is 5.30. The van der Waals surface area contributed by atoms with E-state index in [-0.39, 0.29) is 0 Å². The van der Waals surface area contributed by atoms with Gasteiger partial charge in [-0.25, -0.2) is 0 Å². The molecule has 0 saturated heterocycles. The quantitative estimate of drug-likeness (QED) is 0.185. The summed E-state index contributed by atoms with van der Waals surface area (Å²) in [6.07, 6.45) is 17.9. The van der Waals surface area contributed by atoms with Gasteiger partial charge in [0.15, 0.2) is 0 Å². The molecule has 216 valence electrons. The van der Waals surface area contributed by atoms with E-state index in [1.54, 1.807) is 15.3 Å². The van der Waals surface area contributed by atoms with E-state index in [1.165, 1.54) is 77.0 Å². The Bertz CT molecular complexity index is 1070. The van der Waals surface area contributed by atoms with E-state index in [0.29, 0.717) is 32.5 Å². The Morgan fingerprint density at radius 2 is 0.868 bits per heavy atom. The van der Waals surface area contributed by atoms with E-state index in [0.717, 1.165) is 11.8 Å². The molecule has 0 nitrogen and oxygen atoms in total. The van der Waals surface area contributed by atoms with Crippen LogP contribution >= 0.6 is 19.1 Å². The molecule has 8 aliphatic rings. The van der Waals surface area contributed by atoms with Gasteiger partial charge in [-0.05, 0) is 123 Å². The van der Waals surface area contributed by atoms with Gasteiger partial charge in [0.2, 0.25) is 21.1 Å². The van der Waals surface area contributed by atoms with Gasteiger partial charge in [0.1, 0.15) is 0 Å². The molecule has 0 aliphatic heterocycles. The standard InChI is InChI=1S/C30H43S.F6P/c1-20-6-23(29-12-21-8-25(2,16-29)14-26(3,9-21)17-29)31-24(7-20)30-13-22-10-27(4,18-30)15-28(5,11-22)19-30;1-7(2,3,4,5)6/h6-7,21-22H,8-19H2,1-5H3;/q+1;-1. The zero-order chi connectivity index (χ0) is 27.9. The fourth-order valence-corrected chi connectivity index (χ4v) is 14.2. The Hall–Kier alpha value is -0.420. The first-order valence-electron chi connectivity index (χ1n) is 14.4. The third-order valence-corrected chi connectivity index (χ3v) is 12.8. The van der Waals surface area contributed by atoms with Crippen molar-refractivity contribution in [2.75, 3.05) is 0 Å². The summed E-state index contributed by atoms with van der Waals surface area (Å²) in [7, 11) is -10.7. The average molecular weight is 581 g/mol. The van der Waals surface area contributed by atoms with E-state index in [1.807, 2.05) is 0 Å². The van der Waals surface area contributed by atoms with Crippen LogP contribution in [0.15, 0.2) is 12.1 Å². The molecule has 8 fully saturated rings. The molecule has 9 rings (SSSR count). The first-order chi connectivity index (χ1) is 16.9. The van der Waals surface area contributed by atoms with Gasteiger partial charge in [-0.15, -0.1) is 0 Å². The molecule has 1 heterocycles. The maximum atomic E-state index is 9.87. The van der Waals surface area contributed by atoms with E-state index in [9.17, 15) is 25.2 Å². The molecule has 0 radical (unpaired) electrons. The summed E-state index contributed by atoms with van der Waals surface area (Å²) in [5.41, 5.74) is 4.95. The molecule has 38 heavy (non-hydrogen) atoms. The Morgan fingerprint density at radius 1 is 0.579 bits per heavy atom. The predicted octanol–water partition coefficient (Wildman–Crippen LogP) is 12.2. The van der Waals surface area contributed by atoms with Crippen LogP contribution in [0.2, 0.25) is 0 Å². The van der Waals surface area contributed by atoms with Crippen LogP contribution in [-0.4, -0.2) is 0 Å². The second-order valence-corrected chi connectivity index (χ2v) is 19.6. The van der Waals surface area contributed by atoms with Crippen molar-refractivity contribution in [3.63, 3.8) is 0 Å². The average Bonchev–Trinajstić information content (AvgIpc) is 2.59. The third-order valence-electron chi connectivity index (χ3n) is 11.2. The number of rotatable bonds is 2. The topological polar surface area (TPSA) is 0 Å². The molecular formula is C30H43F6PS. The normalized spacial score (nSPS) is 50.3. The SMILES string of the molecule is Cc1cc(C23CC4CC(C)(CC(C)(C4)C2)C3)[s+]c(C23CC4CC(C)(CC(C)(C4)C2)C3)c1.F[P-](F)(F)(F)(F)F. The van der Waals surface area contributed by atoms with E-state index in [4.69, 9.17) is 0 Å². The molecule has 4 unspecified atom stereocenters. The Balaban J connectivity index is 0.000000337. The van der Waals surface area contributed by atoms with Crippen LogP contribution in [0.4, 0.5) is 25.2 Å². The van der Waals surface area contributed by atoms with Gasteiger partial charge >= 0.3 is 33.0 Å². The molecule has 8 bridgehead atoms. The van der Waals surface area contributed by atoms with E-state index < -0.39 is 7.81 Å². The van der Waals surface area contributed by atoms with Gasteiger partial charge in [0, 0.05) is 12.1 Å². The zero-order valence-electron chi connectivity index (χ0n) is 23.4. The molecule has 1 aromatic heterocycles. The van der Waals surface area contributed by atoms with Crippen molar-refractivity contribution in [1.29, 1.82) is 0 Å². The van der Waals surface area contributed by atoms with Crippen LogP contribution in [0.25, 0.3) is 0 Å². The Morgan fingerprint density at radius 3 is 1.13 bits per heavy atom. The number of aryl methyl sites for hydroxylation is 1. The fourth-order valence-electron chi connectivity index (χ4n) is 12.6. The van der Waals surface area contributed by atoms with Crippen molar-refractivity contribution in [3.8, 4) is 0 Å². The number of hydrogen-bond acceptors (Lipinski definition) is 0. The van der Waals surface area contributed by atoms with Crippen molar-refractivity contribution in [1.82, 2.24) is 0 Å². The van der Waals surface area contributed by atoms with Crippen molar-refractivity contribution in [2.45, 2.75) is 122 Å². The van der Waals surface area contributed by atoms with E-state index >= 15 is 0 Å². The van der Waals surface area contributed by atoms with Gasteiger partial charge < -0.3 is 0 Å². The van der Waals surface area contributed by atoms with Crippen molar-refractivity contribution >= 4 is 19.1 Å². The summed E-state index contributed by atoms with van der Waals surface area (Å²) in [4.78, 5) is 3.60. The zero-order valence-corrected chi connectivity index (χ0v) is 25.1. The Labute approximate surface area is 227 Å². The van der Waals surface area contributed by atoms with Crippen molar-refractivity contribution < 1.29 is 25.2 Å². The maximum absolute atomic E-state index is 10.7. The summed E-state index contributed by atoms with van der Waals surface area (Å²) >= 11 is 2.31. The molecule has 8 heteroatoms. The molecule has 8 aliphatic carbocycles. The van der Waals surface area contributed by atoms with Gasteiger partial charge in [-0.2, -0.15) is 0 Å². The van der Waals surface area contributed by atoms with Crippen LogP contribution in [-0.2, 0) is 10.8 Å². The monoisotopic (exact) mass is 580 g/mol. The minimum atomic E-state index is -10.7. The molecule has 1 aromatic rings. The minimum absolute atomic E-state index is 0.491. The Kier molecular flexibility index (Phi) is 5.21. The second kappa shape index (κ2) is 7.13. The number of halogens is 6. The molecule has 0 spiro atoms. The van der Waals surface area contributed by atoms with Crippen LogP contribution in [0.5, 0.6) is 0 Å². The molecule has 4 atom stereocenters. The van der Waals surface area contributed by atoms with E-state index in [2.05, 4.69) is 58.1 Å². The molecule has 0 aromatic carbocycles. The summed E-state index contributed by atoms with van der Waals surface area (Å²) < 4.78 is 59.2. The van der Waals surface area contributed by atoms with Crippen molar-refractivity contribution in [3.05, 3.63) is 27.5 Å². The van der Waals surface area contributed by atoms with Crippen LogP contribution in [0, 0.1) is 40.4 Å². The summed E-state index contributed by atoms with van der Waals surface area (Å²) in [6.45, 7) is 13.0. The van der Waals surface area contributed by atoms with Crippen LogP contribution < -0.4 is 0 Å². The van der Waals surface area contributed by atoms with Crippen LogP contribution in [0.3, 0.4) is 0 Å². The second-order valence-electron chi connectivity index (χ2n) is 16.6. The van der Waals surface area contributed by atoms with Crippen molar-refractivity contribution in [2.24, 2.45) is 33.5 Å². The van der Waals surface area contributed by atoms with Gasteiger partial charge in [-0.1, -0.05) is 27.7 Å². The first-order valence-corrected chi connectivity index (χ1v) is 17.2. The predicted molar refractivity (Wildman–Crippen MR) is 145 cm³/mol. The fraction of sp³-hybridized carbons (Fsp3) is 0.833. The van der Waals surface area contributed by atoms with Crippen LogP contribution in [0.1, 0.15) is 120 Å². The summed E-state index contributed by atoms with van der Waals surface area (Å²) in [5, 5.41) is 0. The van der Waals surface area contributed by atoms with Gasteiger partial charge in [0.25, 0.3) is 0 Å². The molecule has 8 saturated carbocycles. The van der Waals surface area contributed by atoms with Gasteiger partial charge in [-0.3, -0.25) is 0 Å². The molecule has 0 amide bonds. The first kappa shape index (κ1) is 27.7.